The second kappa shape index (κ2) is 18.4. The van der Waals surface area contributed by atoms with Crippen molar-refractivity contribution in [3.8, 4) is 0 Å². The van der Waals surface area contributed by atoms with Gasteiger partial charge in [0.05, 0.1) is 35.6 Å². The maximum absolute atomic E-state index is 15.9. The molecule has 2 saturated carbocycles. The number of nitrogens with zero attached hydrogens (tertiary/aromatic N) is 1. The topological polar surface area (TPSA) is 225 Å². The number of carbonyl (C=O) groups excluding carboxylic acids is 6. The lowest BCUT2D eigenvalue weighted by molar-refractivity contribution is -0.345. The molecule has 16 heteroatoms. The van der Waals surface area contributed by atoms with E-state index in [2.05, 4.69) is 5.32 Å². The molecule has 7 rings (SSSR count). The Morgan fingerprint density at radius 1 is 0.864 bits per heavy atom. The van der Waals surface area contributed by atoms with Crippen LogP contribution in [0.5, 0.6) is 0 Å². The first kappa shape index (κ1) is 48.0. The average molecular weight is 911 g/mol. The number of carbonyl (C=O) groups is 6. The summed E-state index contributed by atoms with van der Waals surface area (Å²) in [6, 6.07) is 23.0. The summed E-state index contributed by atoms with van der Waals surface area (Å²) in [5.41, 5.74) is -7.15. The number of esters is 3. The van der Waals surface area contributed by atoms with E-state index in [1.807, 2.05) is 0 Å². The second-order valence-electron chi connectivity index (χ2n) is 18.3. The number of aliphatic hydroxyl groups excluding tert-OH is 2. The van der Waals surface area contributed by atoms with Gasteiger partial charge in [0, 0.05) is 43.8 Å². The molecule has 0 spiro atoms. The third-order valence-electron chi connectivity index (χ3n) is 14.4. The van der Waals surface area contributed by atoms with Gasteiger partial charge in [-0.2, -0.15) is 0 Å². The van der Waals surface area contributed by atoms with Crippen LogP contribution >= 0.6 is 0 Å². The van der Waals surface area contributed by atoms with Crippen LogP contribution in [0.2, 0.25) is 0 Å². The van der Waals surface area contributed by atoms with Gasteiger partial charge in [0.15, 0.2) is 23.6 Å². The molecular weight excluding hydrogens is 853 g/mol. The summed E-state index contributed by atoms with van der Waals surface area (Å²) >= 11 is 0. The minimum atomic E-state index is -2.42. The van der Waals surface area contributed by atoms with Crippen LogP contribution in [-0.4, -0.2) is 123 Å². The van der Waals surface area contributed by atoms with Crippen molar-refractivity contribution in [2.75, 3.05) is 19.7 Å². The smallest absolute Gasteiger partial charge is 0.410 e. The van der Waals surface area contributed by atoms with Gasteiger partial charge in [-0.15, -0.1) is 0 Å². The van der Waals surface area contributed by atoms with Crippen molar-refractivity contribution in [3.05, 3.63) is 119 Å². The fourth-order valence-corrected chi connectivity index (χ4v) is 10.7. The van der Waals surface area contributed by atoms with Gasteiger partial charge < -0.3 is 49.2 Å². The van der Waals surface area contributed by atoms with Gasteiger partial charge >= 0.3 is 24.0 Å². The molecule has 3 aliphatic carbocycles. The zero-order chi connectivity index (χ0) is 47.9. The Bertz CT molecular complexity index is 2370. The van der Waals surface area contributed by atoms with E-state index in [1.165, 1.54) is 30.9 Å². The highest BCUT2D eigenvalue weighted by atomic mass is 16.6. The van der Waals surface area contributed by atoms with Crippen molar-refractivity contribution in [1.82, 2.24) is 10.2 Å². The van der Waals surface area contributed by atoms with E-state index in [9.17, 15) is 39.3 Å². The largest absolute Gasteiger partial charge is 0.456 e. The molecule has 1 saturated heterocycles. The fraction of sp³-hybridized carbons (Fsp3) is 0.480. The number of hydrogen-bond donors (Lipinski definition) is 4. The summed E-state index contributed by atoms with van der Waals surface area (Å²) in [6.07, 6.45) is -11.6. The third-order valence-corrected chi connectivity index (χ3v) is 14.4. The van der Waals surface area contributed by atoms with Crippen LogP contribution in [0, 0.1) is 16.7 Å². The molecule has 1 aliphatic heterocycles. The second-order valence-corrected chi connectivity index (χ2v) is 18.3. The summed E-state index contributed by atoms with van der Waals surface area (Å²) < 4.78 is 30.9. The van der Waals surface area contributed by atoms with E-state index in [0.29, 0.717) is 5.56 Å². The molecule has 16 nitrogen and oxygen atoms in total. The van der Waals surface area contributed by atoms with Crippen LogP contribution in [0.25, 0.3) is 0 Å². The zero-order valence-corrected chi connectivity index (χ0v) is 38.1. The number of nitrogens with one attached hydrogen (secondary N) is 1. The first-order chi connectivity index (χ1) is 31.3. The van der Waals surface area contributed by atoms with Crippen LogP contribution in [0.3, 0.4) is 0 Å². The van der Waals surface area contributed by atoms with Crippen molar-refractivity contribution >= 4 is 35.7 Å². The number of benzene rings is 3. The molecule has 2 bridgehead atoms. The number of Topliss-reactive ketones (excluding diaryl/α,β-unsaturated/α-hetero) is 1. The van der Waals surface area contributed by atoms with Crippen molar-refractivity contribution in [2.24, 2.45) is 16.7 Å². The van der Waals surface area contributed by atoms with Crippen LogP contribution in [0.1, 0.15) is 93.6 Å². The molecule has 3 aromatic rings. The van der Waals surface area contributed by atoms with Gasteiger partial charge in [0.1, 0.15) is 23.9 Å². The van der Waals surface area contributed by atoms with E-state index in [0.717, 1.165) is 6.92 Å². The first-order valence-electron chi connectivity index (χ1n) is 22.2. The Kier molecular flexibility index (Phi) is 13.4. The van der Waals surface area contributed by atoms with Gasteiger partial charge in [-0.25, -0.2) is 14.4 Å². The van der Waals surface area contributed by atoms with Crippen LogP contribution < -0.4 is 5.32 Å². The van der Waals surface area contributed by atoms with Gasteiger partial charge in [0.25, 0.3) is 5.91 Å². The monoisotopic (exact) mass is 910 g/mol. The van der Waals surface area contributed by atoms with Crippen LogP contribution in [0.15, 0.2) is 102 Å². The SMILES string of the molecule is CCN(CC)C(=O)O[C@H]1C(=O)[C@@]2(C)C([C@H](OC(=O)c3ccccc3)[C@]3(O)C[C@H](OC(=O)[C@H](O)C(NC(=O)c4ccccc4)c4ccccc4)C(C)=C1C3(C)C)[C@]1(OC(C)=O)CO[C@@H]1C[C@@H]2O. The van der Waals surface area contributed by atoms with E-state index in [1.54, 1.807) is 107 Å². The molecule has 66 heavy (non-hydrogen) atoms. The Balaban J connectivity index is 1.41. The third kappa shape index (κ3) is 8.07. The van der Waals surface area contributed by atoms with E-state index >= 15 is 4.79 Å². The molecule has 4 N–H and O–H groups in total. The van der Waals surface area contributed by atoms with Crippen molar-refractivity contribution in [2.45, 2.75) is 115 Å². The van der Waals surface area contributed by atoms with Gasteiger partial charge in [-0.1, -0.05) is 80.6 Å². The quantitative estimate of drug-likeness (QED) is 0.110. The molecule has 4 aliphatic rings. The van der Waals surface area contributed by atoms with E-state index < -0.39 is 113 Å². The van der Waals surface area contributed by atoms with Crippen LogP contribution in [0.4, 0.5) is 4.79 Å². The van der Waals surface area contributed by atoms with Gasteiger partial charge in [-0.3, -0.25) is 14.4 Å². The molecule has 0 aromatic heterocycles. The lowest BCUT2D eigenvalue weighted by Crippen LogP contribution is -2.82. The highest BCUT2D eigenvalue weighted by molar-refractivity contribution is 5.96. The molecule has 352 valence electrons. The summed E-state index contributed by atoms with van der Waals surface area (Å²) in [6.45, 7) is 10.8. The maximum Gasteiger partial charge on any atom is 0.410 e. The normalized spacial score (nSPS) is 30.6. The lowest BCUT2D eigenvalue weighted by atomic mass is 9.44. The molecular formula is C50H58N2O14. The van der Waals surface area contributed by atoms with Crippen molar-refractivity contribution in [1.29, 1.82) is 0 Å². The number of aliphatic hydroxyl groups is 3. The minimum absolute atomic E-state index is 0.00723. The molecule has 3 fully saturated rings. The minimum Gasteiger partial charge on any atom is -0.456 e. The molecule has 0 radical (unpaired) electrons. The number of amides is 2. The van der Waals surface area contributed by atoms with Gasteiger partial charge in [0.2, 0.25) is 0 Å². The predicted molar refractivity (Wildman–Crippen MR) is 235 cm³/mol. The molecule has 3 aromatic carbocycles. The Labute approximate surface area is 383 Å². The number of hydrogen-bond acceptors (Lipinski definition) is 14. The summed E-state index contributed by atoms with van der Waals surface area (Å²) in [5.74, 6) is -5.98. The number of ether oxygens (including phenoxy) is 5. The standard InChI is InChI=1S/C50H58N2O14/c1-8-52(9-2)46(60)64-39-36-28(3)33(63-45(59)38(55)37(30-19-13-10-14-20-30)51-43(57)31-21-15-11-16-22-31)26-50(61,47(36,5)6)42(65-44(58)32-23-17-12-18-24-32)40-48(7,41(39)56)34(54)25-35-49(40,27-62-35)66-29(4)53/h10-24,33-35,37-40,42,54-55,61H,8-9,25-27H2,1-7H3,(H,51,57)/t33-,34-,35+,37?,38+,39+,40?,42-,48+,49-,50+/m0/s1. The molecule has 2 amide bonds. The Morgan fingerprint density at radius 3 is 1.98 bits per heavy atom. The average Bonchev–Trinajstić information content (AvgIpc) is 3.30. The number of fused-ring (bicyclic) bond motifs is 5. The summed E-state index contributed by atoms with van der Waals surface area (Å²) in [7, 11) is 0. The molecule has 1 heterocycles. The Morgan fingerprint density at radius 2 is 1.44 bits per heavy atom. The van der Waals surface area contributed by atoms with Crippen molar-refractivity contribution in [3.63, 3.8) is 0 Å². The highest BCUT2D eigenvalue weighted by Gasteiger charge is 2.78. The highest BCUT2D eigenvalue weighted by Crippen LogP contribution is 2.64. The van der Waals surface area contributed by atoms with E-state index in [4.69, 9.17) is 23.7 Å². The lowest BCUT2D eigenvalue weighted by Gasteiger charge is -2.67. The summed E-state index contributed by atoms with van der Waals surface area (Å²) in [5, 5.41) is 40.7. The predicted octanol–water partition coefficient (Wildman–Crippen LogP) is 4.65. The number of rotatable bonds is 12. The van der Waals surface area contributed by atoms with Crippen molar-refractivity contribution < 1.29 is 67.8 Å². The van der Waals surface area contributed by atoms with Crippen LogP contribution in [-0.2, 0) is 38.1 Å². The number of ketones is 1. The Hall–Kier alpha value is -5.94. The maximum atomic E-state index is 15.9. The molecule has 2 unspecified atom stereocenters. The fourth-order valence-electron chi connectivity index (χ4n) is 10.7. The van der Waals surface area contributed by atoms with Gasteiger partial charge in [-0.05, 0) is 68.7 Å². The summed E-state index contributed by atoms with van der Waals surface area (Å²) in [4.78, 5) is 86.8. The molecule has 11 atom stereocenters. The first-order valence-corrected chi connectivity index (χ1v) is 22.2. The van der Waals surface area contributed by atoms with E-state index in [-0.39, 0.29) is 48.4 Å². The zero-order valence-electron chi connectivity index (χ0n) is 38.1.